The lowest BCUT2D eigenvalue weighted by Gasteiger charge is -2.11. The summed E-state index contributed by atoms with van der Waals surface area (Å²) in [5.74, 6) is -0.124. The fourth-order valence-electron chi connectivity index (χ4n) is 3.27. The average Bonchev–Trinajstić information content (AvgIpc) is 3.03. The molecule has 0 unspecified atom stereocenters. The minimum atomic E-state index is -0.124. The van der Waals surface area contributed by atoms with Gasteiger partial charge in [0.05, 0.1) is 17.3 Å². The summed E-state index contributed by atoms with van der Waals surface area (Å²) in [5, 5.41) is 8.12. The Kier molecular flexibility index (Phi) is 3.88. The van der Waals surface area contributed by atoms with Gasteiger partial charge in [-0.3, -0.25) is 9.78 Å². The Hall–Kier alpha value is -3.28. The molecular weight excluding hydrogens is 326 g/mol. The zero-order valence-electron chi connectivity index (χ0n) is 14.9. The van der Waals surface area contributed by atoms with Gasteiger partial charge in [-0.1, -0.05) is 11.6 Å². The number of rotatable bonds is 3. The first-order valence-corrected chi connectivity index (χ1v) is 8.47. The SMILES string of the molecule is Cc1cc(C)c2nc(C)cc(C(=O)NCc3cnn4cccnc34)c2c1. The molecule has 1 N–H and O–H groups in total. The molecule has 130 valence electrons. The molecule has 26 heavy (non-hydrogen) atoms. The number of nitrogens with zero attached hydrogens (tertiary/aromatic N) is 4. The molecular formula is C20H19N5O. The van der Waals surface area contributed by atoms with Gasteiger partial charge in [-0.15, -0.1) is 0 Å². The van der Waals surface area contributed by atoms with Crippen LogP contribution in [0.15, 0.2) is 42.9 Å². The molecule has 6 nitrogen and oxygen atoms in total. The highest BCUT2D eigenvalue weighted by atomic mass is 16.1. The fraction of sp³-hybridized carbons (Fsp3) is 0.200. The minimum absolute atomic E-state index is 0.124. The van der Waals surface area contributed by atoms with Gasteiger partial charge in [0, 0.05) is 35.6 Å². The number of fused-ring (bicyclic) bond motifs is 2. The van der Waals surface area contributed by atoms with Gasteiger partial charge >= 0.3 is 0 Å². The molecule has 0 bridgehead atoms. The van der Waals surface area contributed by atoms with Gasteiger partial charge in [-0.25, -0.2) is 9.50 Å². The van der Waals surface area contributed by atoms with Gasteiger partial charge in [-0.2, -0.15) is 5.10 Å². The number of benzene rings is 1. The first kappa shape index (κ1) is 16.2. The predicted octanol–water partition coefficient (Wildman–Crippen LogP) is 3.13. The molecule has 1 aromatic carbocycles. The lowest BCUT2D eigenvalue weighted by atomic mass is 10.0. The Morgan fingerprint density at radius 2 is 2.04 bits per heavy atom. The van der Waals surface area contributed by atoms with Crippen LogP contribution in [-0.4, -0.2) is 25.5 Å². The van der Waals surface area contributed by atoms with Crippen molar-refractivity contribution in [1.82, 2.24) is 24.9 Å². The van der Waals surface area contributed by atoms with Crippen LogP contribution in [0.1, 0.15) is 32.7 Å². The average molecular weight is 345 g/mol. The van der Waals surface area contributed by atoms with Crippen molar-refractivity contribution in [3.8, 4) is 0 Å². The second-order valence-corrected chi connectivity index (χ2v) is 6.53. The number of pyridine rings is 1. The topological polar surface area (TPSA) is 72.2 Å². The van der Waals surface area contributed by atoms with Crippen molar-refractivity contribution in [2.24, 2.45) is 0 Å². The van der Waals surface area contributed by atoms with Crippen molar-refractivity contribution >= 4 is 22.5 Å². The van der Waals surface area contributed by atoms with Gasteiger partial charge in [0.15, 0.2) is 5.65 Å². The zero-order chi connectivity index (χ0) is 18.3. The van der Waals surface area contributed by atoms with Crippen LogP contribution in [0.4, 0.5) is 0 Å². The van der Waals surface area contributed by atoms with E-state index < -0.39 is 0 Å². The molecule has 6 heteroatoms. The molecule has 4 aromatic rings. The van der Waals surface area contributed by atoms with Crippen molar-refractivity contribution in [3.63, 3.8) is 0 Å². The van der Waals surface area contributed by atoms with Gasteiger partial charge in [0.25, 0.3) is 5.91 Å². The van der Waals surface area contributed by atoms with E-state index in [1.165, 1.54) is 0 Å². The summed E-state index contributed by atoms with van der Waals surface area (Å²) >= 11 is 0. The molecule has 0 saturated heterocycles. The number of aromatic nitrogens is 4. The van der Waals surface area contributed by atoms with Crippen molar-refractivity contribution < 1.29 is 4.79 Å². The minimum Gasteiger partial charge on any atom is -0.348 e. The Morgan fingerprint density at radius 3 is 2.88 bits per heavy atom. The molecule has 3 aromatic heterocycles. The maximum absolute atomic E-state index is 12.9. The summed E-state index contributed by atoms with van der Waals surface area (Å²) in [4.78, 5) is 21.8. The van der Waals surface area contributed by atoms with Crippen LogP contribution in [0.2, 0.25) is 0 Å². The van der Waals surface area contributed by atoms with E-state index in [0.29, 0.717) is 12.1 Å². The maximum Gasteiger partial charge on any atom is 0.252 e. The number of aryl methyl sites for hydroxylation is 3. The van der Waals surface area contributed by atoms with Crippen molar-refractivity contribution in [2.75, 3.05) is 0 Å². The Morgan fingerprint density at radius 1 is 1.19 bits per heavy atom. The summed E-state index contributed by atoms with van der Waals surface area (Å²) in [6.45, 7) is 6.32. The fourth-order valence-corrected chi connectivity index (χ4v) is 3.27. The predicted molar refractivity (Wildman–Crippen MR) is 100 cm³/mol. The molecule has 0 radical (unpaired) electrons. The van der Waals surface area contributed by atoms with E-state index in [0.717, 1.165) is 38.9 Å². The Labute approximate surface area is 150 Å². The second-order valence-electron chi connectivity index (χ2n) is 6.53. The summed E-state index contributed by atoms with van der Waals surface area (Å²) in [6.07, 6.45) is 5.28. The second kappa shape index (κ2) is 6.22. The number of hydrogen-bond donors (Lipinski definition) is 1. The highest BCUT2D eigenvalue weighted by Crippen LogP contribution is 2.23. The zero-order valence-corrected chi connectivity index (χ0v) is 14.9. The molecule has 3 heterocycles. The van der Waals surface area contributed by atoms with E-state index in [1.54, 1.807) is 16.9 Å². The van der Waals surface area contributed by atoms with E-state index >= 15 is 0 Å². The first-order chi connectivity index (χ1) is 12.5. The molecule has 0 aliphatic carbocycles. The summed E-state index contributed by atoms with van der Waals surface area (Å²) in [5.41, 5.74) is 6.15. The molecule has 0 aliphatic heterocycles. The van der Waals surface area contributed by atoms with Crippen molar-refractivity contribution in [2.45, 2.75) is 27.3 Å². The number of nitrogens with one attached hydrogen (secondary N) is 1. The Balaban J connectivity index is 1.68. The van der Waals surface area contributed by atoms with Gasteiger partial charge in [0.1, 0.15) is 0 Å². The summed E-state index contributed by atoms with van der Waals surface area (Å²) in [6, 6.07) is 7.76. The van der Waals surface area contributed by atoms with E-state index in [-0.39, 0.29) is 5.91 Å². The summed E-state index contributed by atoms with van der Waals surface area (Å²) in [7, 11) is 0. The normalized spacial score (nSPS) is 11.2. The van der Waals surface area contributed by atoms with Crippen LogP contribution in [0.3, 0.4) is 0 Å². The Bertz CT molecular complexity index is 1150. The first-order valence-electron chi connectivity index (χ1n) is 8.47. The summed E-state index contributed by atoms with van der Waals surface area (Å²) < 4.78 is 1.69. The third-order valence-electron chi connectivity index (χ3n) is 4.41. The maximum atomic E-state index is 12.9. The third-order valence-corrected chi connectivity index (χ3v) is 4.41. The highest BCUT2D eigenvalue weighted by molar-refractivity contribution is 6.07. The number of carbonyl (C=O) groups is 1. The highest BCUT2D eigenvalue weighted by Gasteiger charge is 2.14. The number of hydrogen-bond acceptors (Lipinski definition) is 4. The van der Waals surface area contributed by atoms with E-state index in [2.05, 4.69) is 26.4 Å². The quantitative estimate of drug-likeness (QED) is 0.619. The molecule has 1 amide bonds. The van der Waals surface area contributed by atoms with E-state index in [9.17, 15) is 4.79 Å². The molecule has 0 spiro atoms. The van der Waals surface area contributed by atoms with E-state index in [1.807, 2.05) is 45.2 Å². The standard InChI is InChI=1S/C20H19N5O/c1-12-7-13(2)18-16(8-12)17(9-14(3)24-18)20(26)22-10-15-11-23-25-6-4-5-21-19(15)25/h4-9,11H,10H2,1-3H3,(H,22,26). The smallest absolute Gasteiger partial charge is 0.252 e. The molecule has 4 rings (SSSR count). The van der Waals surface area contributed by atoms with Crippen molar-refractivity contribution in [1.29, 1.82) is 0 Å². The molecule has 0 saturated carbocycles. The van der Waals surface area contributed by atoms with Crippen LogP contribution in [0.25, 0.3) is 16.6 Å². The van der Waals surface area contributed by atoms with E-state index in [4.69, 9.17) is 0 Å². The lowest BCUT2D eigenvalue weighted by Crippen LogP contribution is -2.23. The van der Waals surface area contributed by atoms with Crippen LogP contribution in [-0.2, 0) is 6.54 Å². The number of carbonyl (C=O) groups excluding carboxylic acids is 1. The van der Waals surface area contributed by atoms with Crippen LogP contribution in [0.5, 0.6) is 0 Å². The molecule has 0 atom stereocenters. The largest absolute Gasteiger partial charge is 0.348 e. The third kappa shape index (κ3) is 2.79. The van der Waals surface area contributed by atoms with Crippen LogP contribution in [0, 0.1) is 20.8 Å². The number of amides is 1. The van der Waals surface area contributed by atoms with Gasteiger partial charge < -0.3 is 5.32 Å². The monoisotopic (exact) mass is 345 g/mol. The molecule has 0 aliphatic rings. The van der Waals surface area contributed by atoms with Crippen LogP contribution < -0.4 is 5.32 Å². The van der Waals surface area contributed by atoms with Crippen LogP contribution >= 0.6 is 0 Å². The van der Waals surface area contributed by atoms with Crippen molar-refractivity contribution in [3.05, 3.63) is 70.8 Å². The lowest BCUT2D eigenvalue weighted by molar-refractivity contribution is 0.0952. The van der Waals surface area contributed by atoms with Gasteiger partial charge in [0.2, 0.25) is 0 Å². The molecule has 0 fully saturated rings. The van der Waals surface area contributed by atoms with Gasteiger partial charge in [-0.05, 0) is 44.5 Å².